The molecule has 6 aromatic carbocycles. The standard InChI is InChI=1S/2C20H17N6PS2Se.Au/c2*28-19(21-15-8-7-9-16(14-15)26-20(29)22-24-25-26)23-27(30,17-10-3-1-4-11-17)18-12-5-2-6-13-18;/h2*1-14H,(H,22,25,29)(H2,21,23,28,30);/q;;+3/p-2. The van der Waals surface area contributed by atoms with Gasteiger partial charge in [0.1, 0.15) is 0 Å². The largest absolute Gasteiger partial charge is 3.00 e. The summed E-state index contributed by atoms with van der Waals surface area (Å²) in [4.78, 5) is 0. The Morgan fingerprint density at radius 2 is 0.787 bits per heavy atom. The topological polar surface area (TPSA) is 135 Å². The van der Waals surface area contributed by atoms with Crippen LogP contribution in [-0.2, 0) is 47.6 Å². The number of aromatic nitrogens is 8. The van der Waals surface area contributed by atoms with Crippen LogP contribution in [0, 0.1) is 0 Å². The summed E-state index contributed by atoms with van der Waals surface area (Å²) in [6.45, 7) is 0. The second kappa shape index (κ2) is 21.8. The Bertz CT molecular complexity index is 2550. The van der Waals surface area contributed by atoms with Crippen LogP contribution >= 0.6 is 35.8 Å². The maximum Gasteiger partial charge on any atom is 3.00 e. The van der Waals surface area contributed by atoms with Gasteiger partial charge < -0.3 is 0 Å². The number of thiocarbonyl (C=S) groups is 2. The minimum absolute atomic E-state index is 0. The first-order valence-corrected chi connectivity index (χ1v) is 27.5. The Kier molecular flexibility index (Phi) is 16.6. The molecule has 2 heterocycles. The molecular weight excluding hydrogens is 1190 g/mol. The van der Waals surface area contributed by atoms with Gasteiger partial charge in [0.2, 0.25) is 0 Å². The first kappa shape index (κ1) is 46.4. The maximum absolute atomic E-state index is 5.67. The molecule has 0 spiro atoms. The van der Waals surface area contributed by atoms with Gasteiger partial charge in [-0.2, -0.15) is 0 Å². The van der Waals surface area contributed by atoms with Crippen LogP contribution in [0.2, 0.25) is 0 Å². The average Bonchev–Trinajstić information content (AvgIpc) is 3.92. The van der Waals surface area contributed by atoms with Crippen molar-refractivity contribution in [1.29, 1.82) is 0 Å². The monoisotopic (exact) mass is 1230 g/mol. The Balaban J connectivity index is 0.000000201. The average molecular weight is 1230 g/mol. The van der Waals surface area contributed by atoms with E-state index in [-0.39, 0.29) is 22.4 Å². The molecule has 2 aromatic heterocycles. The van der Waals surface area contributed by atoms with Crippen molar-refractivity contribution in [2.45, 2.75) is 10.3 Å². The van der Waals surface area contributed by atoms with Gasteiger partial charge in [0.05, 0.1) is 0 Å². The van der Waals surface area contributed by atoms with Crippen LogP contribution in [0.3, 0.4) is 0 Å². The molecule has 12 nitrogen and oxygen atoms in total. The molecule has 0 fully saturated rings. The molecule has 0 aliphatic carbocycles. The molecular formula is C40H32AuN12P2S4Se2+. The van der Waals surface area contributed by atoms with E-state index in [0.29, 0.717) is 20.5 Å². The van der Waals surface area contributed by atoms with Crippen LogP contribution < -0.4 is 42.0 Å². The zero-order valence-electron chi connectivity index (χ0n) is 31.4. The van der Waals surface area contributed by atoms with Crippen LogP contribution in [0.15, 0.2) is 180 Å². The van der Waals surface area contributed by atoms with Crippen molar-refractivity contribution in [2.75, 3.05) is 10.6 Å². The third-order valence-corrected chi connectivity index (χ3v) is 21.4. The fourth-order valence-corrected chi connectivity index (χ4v) is 16.4. The molecule has 0 aliphatic rings. The van der Waals surface area contributed by atoms with Crippen LogP contribution in [0.4, 0.5) is 11.4 Å². The molecule has 0 amide bonds. The molecule has 308 valence electrons. The molecule has 0 saturated carbocycles. The van der Waals surface area contributed by atoms with E-state index in [1.54, 1.807) is 0 Å². The third-order valence-electron chi connectivity index (χ3n) is 8.58. The molecule has 0 saturated heterocycles. The van der Waals surface area contributed by atoms with Gasteiger partial charge >= 0.3 is 409 Å². The molecule has 0 aliphatic heterocycles. The summed E-state index contributed by atoms with van der Waals surface area (Å²) >= 11 is 28.5. The number of hydrogen-bond acceptors (Lipinski definition) is 10. The number of nitrogens with zero attached hydrogens (tertiary/aromatic N) is 8. The van der Waals surface area contributed by atoms with E-state index in [9.17, 15) is 0 Å². The van der Waals surface area contributed by atoms with E-state index in [4.69, 9.17) is 49.7 Å². The van der Waals surface area contributed by atoms with Gasteiger partial charge in [-0.1, -0.05) is 0 Å². The van der Waals surface area contributed by atoms with E-state index >= 15 is 0 Å². The quantitative estimate of drug-likeness (QED) is 0.0631. The van der Waals surface area contributed by atoms with Crippen molar-refractivity contribution in [1.82, 2.24) is 50.6 Å². The van der Waals surface area contributed by atoms with Crippen LogP contribution in [-0.4, -0.2) is 80.8 Å². The summed E-state index contributed by atoms with van der Waals surface area (Å²) < 4.78 is 2.99. The molecule has 0 unspecified atom stereocenters. The van der Waals surface area contributed by atoms with E-state index in [2.05, 4.69) is 131 Å². The van der Waals surface area contributed by atoms with Gasteiger partial charge in [-0.15, -0.1) is 0 Å². The summed E-state index contributed by atoms with van der Waals surface area (Å²) in [5.74, 6) is 0. The SMILES string of the molecule is S=C(Nc1cccc(-n2nnnc2[S-])c1)NP(=[Se])(c1ccccc1)c1ccccc1.S=C(Nc1cccc(-n2nnnc2[S-])c1)NP(=[Se])(c1ccccc1)c1ccccc1.[Au+3]. The van der Waals surface area contributed by atoms with Crippen molar-refractivity contribution in [3.63, 3.8) is 0 Å². The molecule has 61 heavy (non-hydrogen) atoms. The van der Waals surface area contributed by atoms with Crippen molar-refractivity contribution in [3.8, 4) is 11.4 Å². The van der Waals surface area contributed by atoms with Gasteiger partial charge in [-0.05, 0) is 0 Å². The molecule has 4 N–H and O–H groups in total. The number of tetrazole rings is 2. The Labute approximate surface area is 405 Å². The van der Waals surface area contributed by atoms with Gasteiger partial charge in [-0.3, -0.25) is 0 Å². The fraction of sp³-hybridized carbons (Fsp3) is 0. The predicted octanol–water partition coefficient (Wildman–Crippen LogP) is 5.04. The first-order valence-electron chi connectivity index (χ1n) is 17.9. The van der Waals surface area contributed by atoms with Gasteiger partial charge in [0.25, 0.3) is 0 Å². The van der Waals surface area contributed by atoms with Crippen molar-refractivity contribution in [2.24, 2.45) is 0 Å². The van der Waals surface area contributed by atoms with Crippen molar-refractivity contribution < 1.29 is 22.4 Å². The number of anilines is 2. The van der Waals surface area contributed by atoms with Crippen LogP contribution in [0.1, 0.15) is 0 Å². The Morgan fingerprint density at radius 3 is 1.07 bits per heavy atom. The van der Waals surface area contributed by atoms with E-state index in [0.717, 1.165) is 22.7 Å². The zero-order valence-corrected chi connectivity index (χ0v) is 42.0. The Morgan fingerprint density at radius 1 is 0.475 bits per heavy atom. The van der Waals surface area contributed by atoms with Gasteiger partial charge in [0, 0.05) is 0 Å². The number of nitrogens with one attached hydrogen (secondary N) is 4. The summed E-state index contributed by atoms with van der Waals surface area (Å²) in [5, 5.41) is 42.5. The smallest absolute Gasteiger partial charge is 3.00 e. The molecule has 0 radical (unpaired) electrons. The van der Waals surface area contributed by atoms with Crippen LogP contribution in [0.5, 0.6) is 0 Å². The summed E-state index contributed by atoms with van der Waals surface area (Å²) in [6.07, 6.45) is 0. The second-order valence-electron chi connectivity index (χ2n) is 12.5. The molecule has 0 bridgehead atoms. The molecule has 8 aromatic rings. The van der Waals surface area contributed by atoms with Crippen molar-refractivity contribution in [3.05, 3.63) is 170 Å². The van der Waals surface area contributed by atoms with Gasteiger partial charge in [-0.25, -0.2) is 0 Å². The van der Waals surface area contributed by atoms with Gasteiger partial charge in [0.15, 0.2) is 0 Å². The number of rotatable bonds is 10. The zero-order chi connectivity index (χ0) is 42.0. The summed E-state index contributed by atoms with van der Waals surface area (Å²) in [7, 11) is 0. The normalized spacial score (nSPS) is 10.9. The molecule has 0 atom stereocenters. The Hall–Kier alpha value is -4.08. The minimum atomic E-state index is -2.07. The summed E-state index contributed by atoms with van der Waals surface area (Å²) in [5.41, 5.74) is -1.01. The fourth-order valence-electron chi connectivity index (χ4n) is 5.82. The summed E-state index contributed by atoms with van der Waals surface area (Å²) in [6, 6.07) is 56.3. The first-order chi connectivity index (χ1) is 29.1. The van der Waals surface area contributed by atoms with Crippen LogP contribution in [0.25, 0.3) is 11.4 Å². The maximum atomic E-state index is 5.67. The number of hydrogen-bond donors (Lipinski definition) is 4. The second-order valence-corrected chi connectivity index (χ2v) is 25.9. The van der Waals surface area contributed by atoms with E-state index in [1.165, 1.54) is 30.6 Å². The minimum Gasteiger partial charge on any atom is 3.00 e. The third kappa shape index (κ3) is 11.7. The predicted molar refractivity (Wildman–Crippen MR) is 258 cm³/mol. The van der Waals surface area contributed by atoms with Crippen molar-refractivity contribution >= 4 is 134 Å². The van der Waals surface area contributed by atoms with E-state index < -0.39 is 11.3 Å². The molecule has 21 heteroatoms. The number of benzene rings is 6. The molecule has 8 rings (SSSR count). The van der Waals surface area contributed by atoms with E-state index in [1.807, 2.05) is 121 Å².